The molecule has 0 bridgehead atoms. The number of fused-ring (bicyclic) bond motifs is 1. The molecule has 8 heteroatoms. The van der Waals surface area contributed by atoms with Gasteiger partial charge in [-0.2, -0.15) is 4.31 Å². The van der Waals surface area contributed by atoms with Crippen LogP contribution in [0.2, 0.25) is 0 Å². The first kappa shape index (κ1) is 22.6. The van der Waals surface area contributed by atoms with Gasteiger partial charge in [-0.15, -0.1) is 0 Å². The van der Waals surface area contributed by atoms with Crippen molar-refractivity contribution in [3.05, 3.63) is 54.1 Å². The molecule has 32 heavy (non-hydrogen) atoms. The fourth-order valence-electron chi connectivity index (χ4n) is 4.48. The molecule has 172 valence electrons. The molecule has 0 aromatic heterocycles. The van der Waals surface area contributed by atoms with Gasteiger partial charge >= 0.3 is 0 Å². The third-order valence-electron chi connectivity index (χ3n) is 6.21. The predicted molar refractivity (Wildman–Crippen MR) is 121 cm³/mol. The maximum atomic E-state index is 13.1. The number of carbonyl (C=O) groups is 1. The van der Waals surface area contributed by atoms with Crippen molar-refractivity contribution in [2.24, 2.45) is 5.92 Å². The summed E-state index contributed by atoms with van der Waals surface area (Å²) in [5.74, 6) is 1.17. The molecule has 2 aliphatic rings. The number of amides is 1. The standard InChI is InChI=1S/C24H30N2O5S/c1-24(2)16-21(20-6-4-5-7-22(20)31-24)25-23(27)17-12-14-26(15-13-17)32(28,29)19-10-8-18(30-3)9-11-19/h4-11,17,21H,12-16H2,1-3H3,(H,25,27). The third-order valence-corrected chi connectivity index (χ3v) is 8.13. The SMILES string of the molecule is COc1ccc(S(=O)(=O)N2CCC(C(=O)NC3CC(C)(C)Oc4ccccc43)CC2)cc1. The van der Waals surface area contributed by atoms with Crippen molar-refractivity contribution < 1.29 is 22.7 Å². The van der Waals surface area contributed by atoms with E-state index < -0.39 is 10.0 Å². The molecule has 2 aromatic carbocycles. The molecule has 1 saturated heterocycles. The Morgan fingerprint density at radius 2 is 1.75 bits per heavy atom. The summed E-state index contributed by atoms with van der Waals surface area (Å²) < 4.78 is 38.5. The van der Waals surface area contributed by atoms with Gasteiger partial charge in [-0.25, -0.2) is 8.42 Å². The number of ether oxygens (including phenoxy) is 2. The zero-order valence-electron chi connectivity index (χ0n) is 18.7. The molecule has 7 nitrogen and oxygen atoms in total. The molecule has 2 heterocycles. The Bertz CT molecular complexity index is 1070. The van der Waals surface area contributed by atoms with Gasteiger partial charge in [-0.3, -0.25) is 4.79 Å². The highest BCUT2D eigenvalue weighted by molar-refractivity contribution is 7.89. The first-order valence-corrected chi connectivity index (χ1v) is 12.4. The van der Waals surface area contributed by atoms with Gasteiger partial charge < -0.3 is 14.8 Å². The second-order valence-electron chi connectivity index (χ2n) is 9.02. The molecule has 4 rings (SSSR count). The summed E-state index contributed by atoms with van der Waals surface area (Å²) in [5, 5.41) is 3.20. The van der Waals surface area contributed by atoms with E-state index >= 15 is 0 Å². The van der Waals surface area contributed by atoms with Crippen LogP contribution >= 0.6 is 0 Å². The number of hydrogen-bond acceptors (Lipinski definition) is 5. The number of para-hydroxylation sites is 1. The summed E-state index contributed by atoms with van der Waals surface area (Å²) in [6.45, 7) is 4.68. The lowest BCUT2D eigenvalue weighted by atomic mass is 9.88. The average molecular weight is 459 g/mol. The van der Waals surface area contributed by atoms with E-state index in [4.69, 9.17) is 9.47 Å². The van der Waals surface area contributed by atoms with Gasteiger partial charge in [0.2, 0.25) is 15.9 Å². The van der Waals surface area contributed by atoms with Crippen molar-refractivity contribution in [1.29, 1.82) is 0 Å². The lowest BCUT2D eigenvalue weighted by Crippen LogP contribution is -2.46. The summed E-state index contributed by atoms with van der Waals surface area (Å²) in [6, 6.07) is 14.1. The van der Waals surface area contributed by atoms with E-state index in [-0.39, 0.29) is 28.4 Å². The van der Waals surface area contributed by atoms with Gasteiger partial charge in [-0.1, -0.05) is 18.2 Å². The van der Waals surface area contributed by atoms with E-state index in [0.717, 1.165) is 11.3 Å². The van der Waals surface area contributed by atoms with Crippen LogP contribution in [-0.2, 0) is 14.8 Å². The number of rotatable bonds is 5. The molecule has 0 saturated carbocycles. The van der Waals surface area contributed by atoms with Crippen LogP contribution in [0.3, 0.4) is 0 Å². The topological polar surface area (TPSA) is 84.9 Å². The van der Waals surface area contributed by atoms with Crippen molar-refractivity contribution in [3.8, 4) is 11.5 Å². The highest BCUT2D eigenvalue weighted by Gasteiger charge is 2.37. The van der Waals surface area contributed by atoms with E-state index in [1.165, 1.54) is 4.31 Å². The number of carbonyl (C=O) groups excluding carboxylic acids is 1. The Balaban J connectivity index is 1.39. The minimum absolute atomic E-state index is 0.0241. The Morgan fingerprint density at radius 1 is 1.09 bits per heavy atom. The quantitative estimate of drug-likeness (QED) is 0.741. The average Bonchev–Trinajstić information content (AvgIpc) is 2.78. The Hall–Kier alpha value is -2.58. The molecule has 0 spiro atoms. The number of piperidine rings is 1. The van der Waals surface area contributed by atoms with Crippen LogP contribution in [0.1, 0.15) is 44.7 Å². The molecule has 1 N–H and O–H groups in total. The van der Waals surface area contributed by atoms with Crippen LogP contribution in [0.4, 0.5) is 0 Å². The molecule has 1 atom stereocenters. The van der Waals surface area contributed by atoms with E-state index in [2.05, 4.69) is 5.32 Å². The van der Waals surface area contributed by atoms with Crippen LogP contribution in [0.15, 0.2) is 53.4 Å². The number of nitrogens with zero attached hydrogens (tertiary/aromatic N) is 1. The van der Waals surface area contributed by atoms with E-state index in [9.17, 15) is 13.2 Å². The highest BCUT2D eigenvalue weighted by atomic mass is 32.2. The molecule has 1 unspecified atom stereocenters. The minimum atomic E-state index is -3.59. The Labute approximate surface area is 189 Å². The maximum Gasteiger partial charge on any atom is 0.243 e. The minimum Gasteiger partial charge on any atom is -0.497 e. The summed E-state index contributed by atoms with van der Waals surface area (Å²) in [4.78, 5) is 13.3. The molecule has 1 amide bonds. The van der Waals surface area contributed by atoms with Gasteiger partial charge in [0.15, 0.2) is 0 Å². The predicted octanol–water partition coefficient (Wildman–Crippen LogP) is 3.51. The number of hydrogen-bond donors (Lipinski definition) is 1. The number of sulfonamides is 1. The summed E-state index contributed by atoms with van der Waals surface area (Å²) in [7, 11) is -2.05. The number of benzene rings is 2. The summed E-state index contributed by atoms with van der Waals surface area (Å²) in [6.07, 6.45) is 1.67. The van der Waals surface area contributed by atoms with Gasteiger partial charge in [0.1, 0.15) is 17.1 Å². The van der Waals surface area contributed by atoms with Crippen LogP contribution in [0.5, 0.6) is 11.5 Å². The van der Waals surface area contributed by atoms with E-state index in [1.807, 2.05) is 38.1 Å². The smallest absolute Gasteiger partial charge is 0.243 e. The first-order valence-electron chi connectivity index (χ1n) is 10.9. The molecular formula is C24H30N2O5S. The number of methoxy groups -OCH3 is 1. The Kier molecular flexibility index (Phi) is 6.18. The first-order chi connectivity index (χ1) is 15.2. The van der Waals surface area contributed by atoms with Gasteiger partial charge in [0.05, 0.1) is 18.0 Å². The highest BCUT2D eigenvalue weighted by Crippen LogP contribution is 2.39. The fourth-order valence-corrected chi connectivity index (χ4v) is 5.95. The van der Waals surface area contributed by atoms with Crippen LogP contribution in [0.25, 0.3) is 0 Å². The second kappa shape index (κ2) is 8.75. The number of nitrogens with one attached hydrogen (secondary N) is 1. The van der Waals surface area contributed by atoms with Gasteiger partial charge in [-0.05, 0) is 57.0 Å². The van der Waals surface area contributed by atoms with E-state index in [0.29, 0.717) is 38.1 Å². The third kappa shape index (κ3) is 4.61. The normalized spacial score (nSPS) is 21.3. The largest absolute Gasteiger partial charge is 0.497 e. The van der Waals surface area contributed by atoms with Crippen molar-refractivity contribution >= 4 is 15.9 Å². The zero-order chi connectivity index (χ0) is 22.9. The van der Waals surface area contributed by atoms with Crippen LogP contribution in [-0.4, -0.2) is 44.4 Å². The maximum absolute atomic E-state index is 13.1. The molecular weight excluding hydrogens is 428 g/mol. The summed E-state index contributed by atoms with van der Waals surface area (Å²) >= 11 is 0. The van der Waals surface area contributed by atoms with Crippen molar-refractivity contribution in [2.45, 2.75) is 49.6 Å². The zero-order valence-corrected chi connectivity index (χ0v) is 19.5. The molecule has 2 aliphatic heterocycles. The lowest BCUT2D eigenvalue weighted by Gasteiger charge is -2.39. The fraction of sp³-hybridized carbons (Fsp3) is 0.458. The molecule has 2 aromatic rings. The monoisotopic (exact) mass is 458 g/mol. The van der Waals surface area contributed by atoms with Crippen molar-refractivity contribution in [2.75, 3.05) is 20.2 Å². The van der Waals surface area contributed by atoms with Crippen molar-refractivity contribution in [3.63, 3.8) is 0 Å². The molecule has 1 fully saturated rings. The van der Waals surface area contributed by atoms with Gasteiger partial charge in [0, 0.05) is 31.0 Å². The van der Waals surface area contributed by atoms with Gasteiger partial charge in [0.25, 0.3) is 0 Å². The second-order valence-corrected chi connectivity index (χ2v) is 11.0. The Morgan fingerprint density at radius 3 is 2.41 bits per heavy atom. The summed E-state index contributed by atoms with van der Waals surface area (Å²) in [5.41, 5.74) is 0.613. The lowest BCUT2D eigenvalue weighted by molar-refractivity contribution is -0.127. The molecule has 0 aliphatic carbocycles. The van der Waals surface area contributed by atoms with E-state index in [1.54, 1.807) is 31.4 Å². The van der Waals surface area contributed by atoms with Crippen molar-refractivity contribution in [1.82, 2.24) is 9.62 Å². The van der Waals surface area contributed by atoms with Crippen LogP contribution < -0.4 is 14.8 Å². The molecule has 0 radical (unpaired) electrons. The van der Waals surface area contributed by atoms with Crippen LogP contribution in [0, 0.1) is 5.92 Å².